The minimum Gasteiger partial charge on any atom is -0.313 e. The molecule has 3 heteroatoms. The molecule has 96 valence electrons. The normalized spacial score (nSPS) is 13.1. The molecule has 1 unspecified atom stereocenters. The molecule has 0 aliphatic rings. The average molecular weight is 258 g/mol. The van der Waals surface area contributed by atoms with Crippen molar-refractivity contribution in [2.45, 2.75) is 39.7 Å². The van der Waals surface area contributed by atoms with Gasteiger partial charge in [-0.05, 0) is 36.9 Å². The maximum Gasteiger partial charge on any atom is 0.142 e. The van der Waals surface area contributed by atoms with Crippen molar-refractivity contribution in [3.8, 4) is 0 Å². The minimum absolute atomic E-state index is 0.261. The molecule has 0 fully saturated rings. The van der Waals surface area contributed by atoms with Gasteiger partial charge in [-0.1, -0.05) is 44.5 Å². The molecule has 1 aromatic carbocycles. The fourth-order valence-corrected chi connectivity index (χ4v) is 2.02. The van der Waals surface area contributed by atoms with Crippen LogP contribution >= 0.6 is 11.6 Å². The molecule has 0 heterocycles. The Bertz CT molecular complexity index is 352. The Balaban J connectivity index is 2.75. The van der Waals surface area contributed by atoms with Crippen LogP contribution in [0.5, 0.6) is 0 Å². The largest absolute Gasteiger partial charge is 0.313 e. The molecule has 0 radical (unpaired) electrons. The standard InChI is InChI=1S/C14H21ClFN/c1-4-8-17-13(10(2)3)9-11-6-5-7-12(16)14(11)15/h5-7,10,13,17H,4,8-9H2,1-3H3. The summed E-state index contributed by atoms with van der Waals surface area (Å²) in [5, 5.41) is 3.74. The summed E-state index contributed by atoms with van der Waals surface area (Å²) in [4.78, 5) is 0. The van der Waals surface area contributed by atoms with Gasteiger partial charge < -0.3 is 5.32 Å². The van der Waals surface area contributed by atoms with Crippen molar-refractivity contribution in [3.63, 3.8) is 0 Å². The Morgan fingerprint density at radius 2 is 2.06 bits per heavy atom. The van der Waals surface area contributed by atoms with E-state index in [9.17, 15) is 4.39 Å². The van der Waals surface area contributed by atoms with E-state index in [1.165, 1.54) is 6.07 Å². The van der Waals surface area contributed by atoms with Crippen LogP contribution in [0, 0.1) is 11.7 Å². The highest BCUT2D eigenvalue weighted by Gasteiger charge is 2.15. The van der Waals surface area contributed by atoms with E-state index in [1.807, 2.05) is 6.07 Å². The third-order valence-corrected chi connectivity index (χ3v) is 3.36. The molecule has 1 nitrogen and oxygen atoms in total. The van der Waals surface area contributed by atoms with Gasteiger partial charge in [-0.2, -0.15) is 0 Å². The summed E-state index contributed by atoms with van der Waals surface area (Å²) in [7, 11) is 0. The quantitative estimate of drug-likeness (QED) is 0.811. The molecule has 0 bridgehead atoms. The average Bonchev–Trinajstić information content (AvgIpc) is 2.29. The maximum absolute atomic E-state index is 13.3. The second-order valence-electron chi connectivity index (χ2n) is 4.72. The molecule has 0 amide bonds. The van der Waals surface area contributed by atoms with Crippen LogP contribution < -0.4 is 5.32 Å². The predicted molar refractivity (Wildman–Crippen MR) is 72.0 cm³/mol. The van der Waals surface area contributed by atoms with Gasteiger partial charge in [0, 0.05) is 6.04 Å². The third kappa shape index (κ3) is 4.29. The van der Waals surface area contributed by atoms with Crippen LogP contribution in [0.2, 0.25) is 5.02 Å². The van der Waals surface area contributed by atoms with Crippen LogP contribution in [-0.2, 0) is 6.42 Å². The first-order valence-electron chi connectivity index (χ1n) is 6.22. The Hall–Kier alpha value is -0.600. The lowest BCUT2D eigenvalue weighted by Crippen LogP contribution is -2.36. The zero-order valence-electron chi connectivity index (χ0n) is 10.8. The van der Waals surface area contributed by atoms with E-state index in [0.29, 0.717) is 12.0 Å². The van der Waals surface area contributed by atoms with Crippen molar-refractivity contribution in [2.24, 2.45) is 5.92 Å². The van der Waals surface area contributed by atoms with Gasteiger partial charge in [0.15, 0.2) is 0 Å². The molecule has 1 atom stereocenters. The summed E-state index contributed by atoms with van der Waals surface area (Å²) >= 11 is 5.97. The second-order valence-corrected chi connectivity index (χ2v) is 5.10. The van der Waals surface area contributed by atoms with Crippen molar-refractivity contribution in [1.82, 2.24) is 5.32 Å². The van der Waals surface area contributed by atoms with Gasteiger partial charge in [-0.25, -0.2) is 4.39 Å². The Morgan fingerprint density at radius 1 is 1.35 bits per heavy atom. The second kappa shape index (κ2) is 6.97. The van der Waals surface area contributed by atoms with E-state index < -0.39 is 0 Å². The van der Waals surface area contributed by atoms with Gasteiger partial charge in [-0.15, -0.1) is 0 Å². The zero-order valence-corrected chi connectivity index (χ0v) is 11.5. The third-order valence-electron chi connectivity index (χ3n) is 2.93. The van der Waals surface area contributed by atoms with Crippen molar-refractivity contribution < 1.29 is 4.39 Å². The number of hydrogen-bond acceptors (Lipinski definition) is 1. The van der Waals surface area contributed by atoms with Crippen molar-refractivity contribution in [1.29, 1.82) is 0 Å². The Labute approximate surface area is 108 Å². The van der Waals surface area contributed by atoms with E-state index in [2.05, 4.69) is 26.1 Å². The van der Waals surface area contributed by atoms with Gasteiger partial charge in [0.2, 0.25) is 0 Å². The van der Waals surface area contributed by atoms with Crippen molar-refractivity contribution in [3.05, 3.63) is 34.6 Å². The number of hydrogen-bond donors (Lipinski definition) is 1. The molecule has 0 aliphatic heterocycles. The predicted octanol–water partition coefficient (Wildman–Crippen LogP) is 4.05. The smallest absolute Gasteiger partial charge is 0.142 e. The molecule has 0 aromatic heterocycles. The fraction of sp³-hybridized carbons (Fsp3) is 0.571. The molecule has 0 spiro atoms. The molecule has 1 rings (SSSR count). The first-order valence-corrected chi connectivity index (χ1v) is 6.60. The van der Waals surface area contributed by atoms with E-state index >= 15 is 0 Å². The highest BCUT2D eigenvalue weighted by molar-refractivity contribution is 6.31. The Kier molecular flexibility index (Phi) is 5.93. The van der Waals surface area contributed by atoms with Gasteiger partial charge >= 0.3 is 0 Å². The van der Waals surface area contributed by atoms with Gasteiger partial charge in [0.05, 0.1) is 5.02 Å². The zero-order chi connectivity index (χ0) is 12.8. The SMILES string of the molecule is CCCNC(Cc1cccc(F)c1Cl)C(C)C. The maximum atomic E-state index is 13.3. The number of nitrogens with one attached hydrogen (secondary N) is 1. The van der Waals surface area contributed by atoms with E-state index in [4.69, 9.17) is 11.6 Å². The lowest BCUT2D eigenvalue weighted by Gasteiger charge is -2.23. The van der Waals surface area contributed by atoms with Crippen LogP contribution in [0.25, 0.3) is 0 Å². The molecule has 0 saturated heterocycles. The topological polar surface area (TPSA) is 12.0 Å². The number of benzene rings is 1. The van der Waals surface area contributed by atoms with Crippen LogP contribution in [0.15, 0.2) is 18.2 Å². The number of rotatable bonds is 6. The molecule has 17 heavy (non-hydrogen) atoms. The molecule has 0 saturated carbocycles. The minimum atomic E-state index is -0.331. The first kappa shape index (κ1) is 14.5. The monoisotopic (exact) mass is 257 g/mol. The fourth-order valence-electron chi connectivity index (χ4n) is 1.82. The van der Waals surface area contributed by atoms with Crippen molar-refractivity contribution in [2.75, 3.05) is 6.54 Å². The van der Waals surface area contributed by atoms with E-state index in [0.717, 1.165) is 24.9 Å². The summed E-state index contributed by atoms with van der Waals surface area (Å²) in [5.41, 5.74) is 0.883. The highest BCUT2D eigenvalue weighted by atomic mass is 35.5. The summed E-state index contributed by atoms with van der Waals surface area (Å²) in [6, 6.07) is 5.35. The summed E-state index contributed by atoms with van der Waals surface area (Å²) in [6.45, 7) is 7.45. The summed E-state index contributed by atoms with van der Waals surface area (Å²) in [5.74, 6) is 0.169. The van der Waals surface area contributed by atoms with Gasteiger partial charge in [0.1, 0.15) is 5.82 Å². The first-order chi connectivity index (χ1) is 8.06. The number of halogens is 2. The van der Waals surface area contributed by atoms with Gasteiger partial charge in [0.25, 0.3) is 0 Å². The molecular weight excluding hydrogens is 237 g/mol. The highest BCUT2D eigenvalue weighted by Crippen LogP contribution is 2.22. The van der Waals surface area contributed by atoms with Crippen molar-refractivity contribution >= 4 is 11.6 Å². The van der Waals surface area contributed by atoms with E-state index in [-0.39, 0.29) is 10.8 Å². The Morgan fingerprint density at radius 3 is 2.65 bits per heavy atom. The summed E-state index contributed by atoms with van der Waals surface area (Å²) < 4.78 is 13.3. The van der Waals surface area contributed by atoms with Crippen LogP contribution in [-0.4, -0.2) is 12.6 Å². The lowest BCUT2D eigenvalue weighted by atomic mass is 9.96. The molecule has 1 aromatic rings. The van der Waals surface area contributed by atoms with Gasteiger partial charge in [-0.3, -0.25) is 0 Å². The molecular formula is C14H21ClFN. The van der Waals surface area contributed by atoms with Crippen LogP contribution in [0.3, 0.4) is 0 Å². The lowest BCUT2D eigenvalue weighted by molar-refractivity contribution is 0.397. The van der Waals surface area contributed by atoms with Crippen LogP contribution in [0.4, 0.5) is 4.39 Å². The molecule has 1 N–H and O–H groups in total. The molecule has 0 aliphatic carbocycles. The van der Waals surface area contributed by atoms with Crippen LogP contribution in [0.1, 0.15) is 32.8 Å². The summed E-state index contributed by atoms with van der Waals surface area (Å²) in [6.07, 6.45) is 1.87. The van der Waals surface area contributed by atoms with E-state index in [1.54, 1.807) is 6.07 Å².